The topological polar surface area (TPSA) is 50.8 Å². The highest BCUT2D eigenvalue weighted by atomic mass is 16.7. The number of hydrogen-bond acceptors (Lipinski definition) is 4. The van der Waals surface area contributed by atoms with Crippen LogP contribution in [0, 0.1) is 0 Å². The highest BCUT2D eigenvalue weighted by Gasteiger charge is 2.38. The molecule has 0 spiro atoms. The zero-order chi connectivity index (χ0) is 18.5. The second-order valence-electron chi connectivity index (χ2n) is 8.30. The molecule has 2 aliphatic heterocycles. The summed E-state index contributed by atoms with van der Waals surface area (Å²) < 4.78 is 10.8. The van der Waals surface area contributed by atoms with Crippen molar-refractivity contribution in [3.63, 3.8) is 0 Å². The second-order valence-corrected chi connectivity index (χ2v) is 8.30. The van der Waals surface area contributed by atoms with E-state index in [9.17, 15) is 4.79 Å². The Morgan fingerprint density at radius 2 is 1.74 bits per heavy atom. The van der Waals surface area contributed by atoms with Crippen LogP contribution in [0.4, 0.5) is 0 Å². The molecule has 148 valence electrons. The number of piperidine rings is 1. The smallest absolute Gasteiger partial charge is 0.231 e. The van der Waals surface area contributed by atoms with Gasteiger partial charge in [0.25, 0.3) is 0 Å². The molecule has 1 saturated heterocycles. The zero-order valence-electron chi connectivity index (χ0n) is 16.3. The molecule has 0 atom stereocenters. The summed E-state index contributed by atoms with van der Waals surface area (Å²) in [6.45, 7) is 3.50. The molecule has 0 unspecified atom stereocenters. The standard InChI is InChI=1S/C22H32N2O3/c25-21(10-8-18-7-9-19-20(15-18)27-17-26-19)23-16-22(11-3-1-4-12-22)24-13-5-2-6-14-24/h7,9,15H,1-6,8,10-14,16-17H2,(H,23,25). The van der Waals surface area contributed by atoms with E-state index in [-0.39, 0.29) is 18.2 Å². The Morgan fingerprint density at radius 3 is 2.56 bits per heavy atom. The van der Waals surface area contributed by atoms with Crippen LogP contribution < -0.4 is 14.8 Å². The fourth-order valence-electron chi connectivity index (χ4n) is 4.89. The van der Waals surface area contributed by atoms with Crippen LogP contribution in [0.1, 0.15) is 63.4 Å². The van der Waals surface area contributed by atoms with Crippen molar-refractivity contribution >= 4 is 5.91 Å². The Kier molecular flexibility index (Phi) is 5.86. The van der Waals surface area contributed by atoms with Gasteiger partial charge >= 0.3 is 0 Å². The van der Waals surface area contributed by atoms with Crippen molar-refractivity contribution in [1.82, 2.24) is 10.2 Å². The second kappa shape index (κ2) is 8.51. The predicted octanol–water partition coefficient (Wildman–Crippen LogP) is 3.65. The molecule has 5 nitrogen and oxygen atoms in total. The summed E-state index contributed by atoms with van der Waals surface area (Å²) in [5.74, 6) is 1.75. The Bertz CT molecular complexity index is 649. The summed E-state index contributed by atoms with van der Waals surface area (Å²) >= 11 is 0. The molecule has 1 N–H and O–H groups in total. The maximum atomic E-state index is 12.5. The number of rotatable bonds is 6. The maximum absolute atomic E-state index is 12.5. The van der Waals surface area contributed by atoms with Gasteiger partial charge in [0.15, 0.2) is 11.5 Å². The summed E-state index contributed by atoms with van der Waals surface area (Å²) in [5, 5.41) is 3.28. The third-order valence-electron chi connectivity index (χ3n) is 6.50. The van der Waals surface area contributed by atoms with Gasteiger partial charge in [0.2, 0.25) is 12.7 Å². The number of ether oxygens (including phenoxy) is 2. The molecule has 27 heavy (non-hydrogen) atoms. The molecule has 1 saturated carbocycles. The molecule has 0 radical (unpaired) electrons. The summed E-state index contributed by atoms with van der Waals surface area (Å²) in [5.41, 5.74) is 1.32. The number of amides is 1. The van der Waals surface area contributed by atoms with E-state index in [4.69, 9.17) is 9.47 Å². The van der Waals surface area contributed by atoms with E-state index in [1.165, 1.54) is 64.5 Å². The van der Waals surface area contributed by atoms with E-state index in [0.717, 1.165) is 30.0 Å². The molecule has 0 bridgehead atoms. The monoisotopic (exact) mass is 372 g/mol. The van der Waals surface area contributed by atoms with Crippen molar-refractivity contribution < 1.29 is 14.3 Å². The molecule has 3 aliphatic rings. The lowest BCUT2D eigenvalue weighted by molar-refractivity contribution is -0.122. The van der Waals surface area contributed by atoms with Gasteiger partial charge in [-0.3, -0.25) is 9.69 Å². The first-order chi connectivity index (χ1) is 13.3. The normalized spacial score (nSPS) is 21.8. The van der Waals surface area contributed by atoms with Crippen molar-refractivity contribution in [2.24, 2.45) is 0 Å². The first-order valence-electron chi connectivity index (χ1n) is 10.7. The van der Waals surface area contributed by atoms with E-state index >= 15 is 0 Å². The van der Waals surface area contributed by atoms with Crippen molar-refractivity contribution in [3.05, 3.63) is 23.8 Å². The van der Waals surface area contributed by atoms with Crippen LogP contribution in [0.15, 0.2) is 18.2 Å². The SMILES string of the molecule is O=C(CCc1ccc2c(c1)OCO2)NCC1(N2CCCCC2)CCCCC1. The number of nitrogens with one attached hydrogen (secondary N) is 1. The molecule has 1 amide bonds. The highest BCUT2D eigenvalue weighted by molar-refractivity contribution is 5.76. The molecule has 5 heteroatoms. The van der Waals surface area contributed by atoms with Crippen LogP contribution in [0.25, 0.3) is 0 Å². The summed E-state index contributed by atoms with van der Waals surface area (Å²) in [6, 6.07) is 5.95. The number of benzene rings is 1. The van der Waals surface area contributed by atoms with Gasteiger partial charge in [-0.15, -0.1) is 0 Å². The lowest BCUT2D eigenvalue weighted by atomic mass is 9.79. The minimum Gasteiger partial charge on any atom is -0.454 e. The first kappa shape index (κ1) is 18.6. The van der Waals surface area contributed by atoms with Crippen molar-refractivity contribution in [2.45, 2.75) is 69.7 Å². The van der Waals surface area contributed by atoms with Crippen LogP contribution in [-0.4, -0.2) is 42.8 Å². The van der Waals surface area contributed by atoms with Crippen LogP contribution in [0.5, 0.6) is 11.5 Å². The highest BCUT2D eigenvalue weighted by Crippen LogP contribution is 2.35. The number of hydrogen-bond donors (Lipinski definition) is 1. The summed E-state index contributed by atoms with van der Waals surface area (Å²) in [4.78, 5) is 15.2. The van der Waals surface area contributed by atoms with Crippen LogP contribution in [0.2, 0.25) is 0 Å². The summed E-state index contributed by atoms with van der Waals surface area (Å²) in [7, 11) is 0. The predicted molar refractivity (Wildman–Crippen MR) is 105 cm³/mol. The fourth-order valence-corrected chi connectivity index (χ4v) is 4.89. The molecule has 0 aromatic heterocycles. The average molecular weight is 373 g/mol. The summed E-state index contributed by atoms with van der Waals surface area (Å²) in [6.07, 6.45) is 11.6. The molecule has 1 aromatic carbocycles. The number of carbonyl (C=O) groups excluding carboxylic acids is 1. The first-order valence-corrected chi connectivity index (χ1v) is 10.7. The van der Waals surface area contributed by atoms with Gasteiger partial charge in [-0.25, -0.2) is 0 Å². The zero-order valence-corrected chi connectivity index (χ0v) is 16.3. The Morgan fingerprint density at radius 1 is 1.00 bits per heavy atom. The van der Waals surface area contributed by atoms with Gasteiger partial charge in [-0.05, 0) is 62.9 Å². The van der Waals surface area contributed by atoms with Gasteiger partial charge < -0.3 is 14.8 Å². The van der Waals surface area contributed by atoms with E-state index < -0.39 is 0 Å². The van der Waals surface area contributed by atoms with E-state index in [2.05, 4.69) is 10.2 Å². The van der Waals surface area contributed by atoms with E-state index in [1.54, 1.807) is 0 Å². The molecule has 2 fully saturated rings. The fraction of sp³-hybridized carbons (Fsp3) is 0.682. The van der Waals surface area contributed by atoms with E-state index in [1.807, 2.05) is 18.2 Å². The quantitative estimate of drug-likeness (QED) is 0.828. The van der Waals surface area contributed by atoms with Gasteiger partial charge in [-0.1, -0.05) is 31.7 Å². The number of likely N-dealkylation sites (tertiary alicyclic amines) is 1. The van der Waals surface area contributed by atoms with Gasteiger partial charge in [0, 0.05) is 18.5 Å². The number of nitrogens with zero attached hydrogens (tertiary/aromatic N) is 1. The van der Waals surface area contributed by atoms with Gasteiger partial charge in [0.05, 0.1) is 0 Å². The lowest BCUT2D eigenvalue weighted by Crippen LogP contribution is -2.58. The van der Waals surface area contributed by atoms with Crippen molar-refractivity contribution in [2.75, 3.05) is 26.4 Å². The molecule has 1 aliphatic carbocycles. The number of aryl methyl sites for hydroxylation is 1. The number of fused-ring (bicyclic) bond motifs is 1. The lowest BCUT2D eigenvalue weighted by Gasteiger charge is -2.48. The third-order valence-corrected chi connectivity index (χ3v) is 6.50. The van der Waals surface area contributed by atoms with Gasteiger partial charge in [-0.2, -0.15) is 0 Å². The Balaban J connectivity index is 1.30. The average Bonchev–Trinajstić information content (AvgIpc) is 3.20. The minimum absolute atomic E-state index is 0.162. The Hall–Kier alpha value is -1.75. The van der Waals surface area contributed by atoms with Crippen LogP contribution in [0.3, 0.4) is 0 Å². The van der Waals surface area contributed by atoms with Gasteiger partial charge in [0.1, 0.15) is 0 Å². The maximum Gasteiger partial charge on any atom is 0.231 e. The van der Waals surface area contributed by atoms with E-state index in [0.29, 0.717) is 6.42 Å². The van der Waals surface area contributed by atoms with Crippen LogP contribution in [-0.2, 0) is 11.2 Å². The van der Waals surface area contributed by atoms with Crippen LogP contribution >= 0.6 is 0 Å². The largest absolute Gasteiger partial charge is 0.454 e. The molecular weight excluding hydrogens is 340 g/mol. The molecule has 1 aromatic rings. The molecule has 4 rings (SSSR count). The minimum atomic E-state index is 0.162. The molecular formula is C22H32N2O3. The Labute approximate surface area is 162 Å². The van der Waals surface area contributed by atoms with Crippen molar-refractivity contribution in [1.29, 1.82) is 0 Å². The number of carbonyl (C=O) groups is 1. The van der Waals surface area contributed by atoms with Crippen molar-refractivity contribution in [3.8, 4) is 11.5 Å². The molecule has 2 heterocycles. The third kappa shape index (κ3) is 4.40.